The Morgan fingerprint density at radius 1 is 1.11 bits per heavy atom. The number of thiophene rings is 1. The van der Waals surface area contributed by atoms with Crippen molar-refractivity contribution < 1.29 is 4.74 Å². The van der Waals surface area contributed by atoms with E-state index < -0.39 is 0 Å². The van der Waals surface area contributed by atoms with Crippen LogP contribution in [0.5, 0.6) is 5.75 Å². The van der Waals surface area contributed by atoms with Crippen molar-refractivity contribution in [2.45, 2.75) is 25.9 Å². The summed E-state index contributed by atoms with van der Waals surface area (Å²) in [4.78, 5) is 1.33. The van der Waals surface area contributed by atoms with Crippen LogP contribution >= 0.6 is 27.3 Å². The molecule has 4 heteroatoms. The first-order valence-corrected chi connectivity index (χ1v) is 7.87. The highest BCUT2D eigenvalue weighted by Crippen LogP contribution is 2.30. The van der Waals surface area contributed by atoms with Gasteiger partial charge in [0.15, 0.2) is 0 Å². The van der Waals surface area contributed by atoms with Gasteiger partial charge in [0.2, 0.25) is 0 Å². The number of rotatable bonds is 5. The Morgan fingerprint density at radius 2 is 1.84 bits per heavy atom. The van der Waals surface area contributed by atoms with Crippen molar-refractivity contribution in [2.24, 2.45) is 0 Å². The third-order valence-electron chi connectivity index (χ3n) is 3.13. The normalized spacial score (nSPS) is 14.1. The zero-order valence-corrected chi connectivity index (χ0v) is 13.7. The second-order valence-electron chi connectivity index (χ2n) is 4.49. The Labute approximate surface area is 126 Å². The number of benzene rings is 1. The van der Waals surface area contributed by atoms with Crippen molar-refractivity contribution in [3.8, 4) is 5.75 Å². The highest BCUT2D eigenvalue weighted by molar-refractivity contribution is 9.11. The lowest BCUT2D eigenvalue weighted by atomic mass is 10.1. The summed E-state index contributed by atoms with van der Waals surface area (Å²) in [5, 5.41) is 3.61. The van der Waals surface area contributed by atoms with E-state index in [0.717, 1.165) is 5.75 Å². The maximum Gasteiger partial charge on any atom is 0.123 e. The number of nitrogens with one attached hydrogen (secondary N) is 1. The van der Waals surface area contributed by atoms with E-state index in [4.69, 9.17) is 4.74 Å². The summed E-state index contributed by atoms with van der Waals surface area (Å²) < 4.78 is 6.58. The van der Waals surface area contributed by atoms with Crippen LogP contribution in [0.4, 0.5) is 0 Å². The van der Waals surface area contributed by atoms with E-state index in [1.165, 1.54) is 14.2 Å². The van der Waals surface area contributed by atoms with Crippen molar-refractivity contribution in [3.05, 3.63) is 50.6 Å². The molecule has 19 heavy (non-hydrogen) atoms. The van der Waals surface area contributed by atoms with E-state index in [1.807, 2.05) is 18.2 Å². The fourth-order valence-electron chi connectivity index (χ4n) is 2.13. The lowest BCUT2D eigenvalue weighted by molar-refractivity contribution is 0.397. The molecule has 2 rings (SSSR count). The number of para-hydroxylation sites is 1. The van der Waals surface area contributed by atoms with Crippen molar-refractivity contribution in [3.63, 3.8) is 0 Å². The molecule has 0 saturated heterocycles. The van der Waals surface area contributed by atoms with Gasteiger partial charge in [0, 0.05) is 22.5 Å². The summed E-state index contributed by atoms with van der Waals surface area (Å²) in [7, 11) is 1.71. The SMILES string of the molecule is COc1ccccc1[C@H](C)NC(C)c1ccc(Br)s1. The molecule has 0 fully saturated rings. The summed E-state index contributed by atoms with van der Waals surface area (Å²) in [6.07, 6.45) is 0. The predicted octanol–water partition coefficient (Wildman–Crippen LogP) is 4.93. The molecular weight excluding hydrogens is 322 g/mol. The van der Waals surface area contributed by atoms with Crippen molar-refractivity contribution in [1.82, 2.24) is 5.32 Å². The van der Waals surface area contributed by atoms with Crippen LogP contribution in [0.2, 0.25) is 0 Å². The monoisotopic (exact) mass is 339 g/mol. The molecule has 1 N–H and O–H groups in total. The van der Waals surface area contributed by atoms with Gasteiger partial charge in [-0.3, -0.25) is 0 Å². The van der Waals surface area contributed by atoms with Crippen LogP contribution in [0.15, 0.2) is 40.2 Å². The lowest BCUT2D eigenvalue weighted by Gasteiger charge is -2.21. The first-order valence-electron chi connectivity index (χ1n) is 6.26. The molecule has 1 heterocycles. The Hall–Kier alpha value is -0.840. The number of hydrogen-bond donors (Lipinski definition) is 1. The van der Waals surface area contributed by atoms with E-state index in [1.54, 1.807) is 18.4 Å². The van der Waals surface area contributed by atoms with E-state index in [2.05, 4.69) is 53.3 Å². The molecule has 0 bridgehead atoms. The molecule has 0 saturated carbocycles. The first kappa shape index (κ1) is 14.6. The molecule has 1 unspecified atom stereocenters. The zero-order valence-electron chi connectivity index (χ0n) is 11.3. The molecule has 2 aromatic rings. The minimum absolute atomic E-state index is 0.243. The van der Waals surface area contributed by atoms with E-state index in [9.17, 15) is 0 Å². The highest BCUT2D eigenvalue weighted by atomic mass is 79.9. The molecule has 2 nitrogen and oxygen atoms in total. The maximum absolute atomic E-state index is 5.41. The Bertz CT molecular complexity index is 540. The number of methoxy groups -OCH3 is 1. The molecule has 0 aliphatic carbocycles. The molecule has 0 amide bonds. The predicted molar refractivity (Wildman–Crippen MR) is 85.0 cm³/mol. The Kier molecular flexibility index (Phi) is 5.02. The van der Waals surface area contributed by atoms with Gasteiger partial charge in [-0.15, -0.1) is 11.3 Å². The maximum atomic E-state index is 5.41. The molecule has 1 aromatic carbocycles. The van der Waals surface area contributed by atoms with Gasteiger partial charge in [-0.2, -0.15) is 0 Å². The number of halogens is 1. The average molecular weight is 340 g/mol. The lowest BCUT2D eigenvalue weighted by Crippen LogP contribution is -2.22. The van der Waals surface area contributed by atoms with E-state index in [-0.39, 0.29) is 6.04 Å². The van der Waals surface area contributed by atoms with Crippen LogP contribution in [0.3, 0.4) is 0 Å². The second-order valence-corrected chi connectivity index (χ2v) is 6.99. The van der Waals surface area contributed by atoms with Crippen LogP contribution in [-0.2, 0) is 0 Å². The van der Waals surface area contributed by atoms with Crippen LogP contribution in [0, 0.1) is 0 Å². The summed E-state index contributed by atoms with van der Waals surface area (Å²) in [6, 6.07) is 12.9. The fraction of sp³-hybridized carbons (Fsp3) is 0.333. The summed E-state index contributed by atoms with van der Waals surface area (Å²) in [5.41, 5.74) is 1.19. The summed E-state index contributed by atoms with van der Waals surface area (Å²) in [6.45, 7) is 4.35. The third-order valence-corrected chi connectivity index (χ3v) is 4.93. The second kappa shape index (κ2) is 6.55. The standard InChI is InChI=1S/C15H18BrNOS/c1-10(12-6-4-5-7-13(12)18-3)17-11(2)14-8-9-15(16)19-14/h4-11,17H,1-3H3/t10-,11?/m0/s1. The molecule has 0 radical (unpaired) electrons. The fourth-order valence-corrected chi connectivity index (χ4v) is 3.57. The van der Waals surface area contributed by atoms with Crippen LogP contribution in [0.1, 0.15) is 36.4 Å². The van der Waals surface area contributed by atoms with Crippen LogP contribution < -0.4 is 10.1 Å². The van der Waals surface area contributed by atoms with Gasteiger partial charge in [0.05, 0.1) is 10.9 Å². The molecule has 102 valence electrons. The third kappa shape index (κ3) is 3.59. The van der Waals surface area contributed by atoms with Gasteiger partial charge >= 0.3 is 0 Å². The van der Waals surface area contributed by atoms with Gasteiger partial charge in [-0.05, 0) is 48.0 Å². The van der Waals surface area contributed by atoms with Gasteiger partial charge < -0.3 is 10.1 Å². The van der Waals surface area contributed by atoms with Gasteiger partial charge in [0.25, 0.3) is 0 Å². The average Bonchev–Trinajstić information content (AvgIpc) is 2.85. The molecular formula is C15H18BrNOS. The van der Waals surface area contributed by atoms with Gasteiger partial charge in [0.1, 0.15) is 5.75 Å². The Morgan fingerprint density at radius 3 is 2.47 bits per heavy atom. The van der Waals surface area contributed by atoms with E-state index in [0.29, 0.717) is 6.04 Å². The first-order chi connectivity index (χ1) is 9.11. The highest BCUT2D eigenvalue weighted by Gasteiger charge is 2.15. The van der Waals surface area contributed by atoms with Crippen molar-refractivity contribution >= 4 is 27.3 Å². The quantitative estimate of drug-likeness (QED) is 0.833. The summed E-state index contributed by atoms with van der Waals surface area (Å²) >= 11 is 5.27. The smallest absolute Gasteiger partial charge is 0.123 e. The van der Waals surface area contributed by atoms with Crippen LogP contribution in [0.25, 0.3) is 0 Å². The number of ether oxygens (including phenoxy) is 1. The molecule has 0 aliphatic heterocycles. The molecule has 2 atom stereocenters. The topological polar surface area (TPSA) is 21.3 Å². The minimum Gasteiger partial charge on any atom is -0.496 e. The van der Waals surface area contributed by atoms with Crippen LogP contribution in [-0.4, -0.2) is 7.11 Å². The largest absolute Gasteiger partial charge is 0.496 e. The zero-order chi connectivity index (χ0) is 13.8. The minimum atomic E-state index is 0.243. The van der Waals surface area contributed by atoms with E-state index >= 15 is 0 Å². The van der Waals surface area contributed by atoms with Gasteiger partial charge in [-0.1, -0.05) is 18.2 Å². The molecule has 1 aromatic heterocycles. The molecule has 0 aliphatic rings. The Balaban J connectivity index is 2.10. The van der Waals surface area contributed by atoms with Crippen molar-refractivity contribution in [1.29, 1.82) is 0 Å². The summed E-state index contributed by atoms with van der Waals surface area (Å²) in [5.74, 6) is 0.932. The van der Waals surface area contributed by atoms with Crippen molar-refractivity contribution in [2.75, 3.05) is 7.11 Å². The molecule has 0 spiro atoms. The van der Waals surface area contributed by atoms with Gasteiger partial charge in [-0.25, -0.2) is 0 Å². The number of hydrogen-bond acceptors (Lipinski definition) is 3.